The summed E-state index contributed by atoms with van der Waals surface area (Å²) in [5.74, 6) is 3.87. The molecule has 0 atom stereocenters. The van der Waals surface area contributed by atoms with Gasteiger partial charge in [0.05, 0.1) is 39.3 Å². The SMILES string of the molecule is C[Si](C)(C)CCOCN(c1ccc2ncc(Br)cc2n1)c1nnc(C2CCCC2)s1.C[Si](C)(C)CCOCn1nc(C2CCCC2)sc1=Nc1ccc2ncc(Br)cc2n1.OCCCn1cc(-c2cnc3ccc(Nc4nnc(C5CCCC5)s4)nc3c2)cn1. The van der Waals surface area contributed by atoms with Crippen molar-refractivity contribution < 1.29 is 14.6 Å². The van der Waals surface area contributed by atoms with E-state index in [2.05, 4.69) is 122 Å². The van der Waals surface area contributed by atoms with Crippen LogP contribution in [0.1, 0.15) is 116 Å². The van der Waals surface area contributed by atoms with Crippen LogP contribution in [-0.4, -0.2) is 118 Å². The molecule has 3 saturated carbocycles. The monoisotopic (exact) mass is 1430 g/mol. The van der Waals surface area contributed by atoms with Crippen molar-refractivity contribution in [3.63, 3.8) is 0 Å². The highest BCUT2D eigenvalue weighted by Crippen LogP contribution is 2.40. The van der Waals surface area contributed by atoms with Gasteiger partial charge in [-0.2, -0.15) is 15.2 Å². The maximum absolute atomic E-state index is 8.98. The molecule has 0 aromatic carbocycles. The number of rotatable bonds is 22. The largest absolute Gasteiger partial charge is 0.396 e. The van der Waals surface area contributed by atoms with E-state index in [1.54, 1.807) is 46.4 Å². The number of aromatic nitrogens is 14. The van der Waals surface area contributed by atoms with E-state index in [1.165, 1.54) is 82.1 Å². The molecule has 27 heteroatoms. The van der Waals surface area contributed by atoms with Gasteiger partial charge in [0.1, 0.15) is 40.1 Å². The Labute approximate surface area is 556 Å². The van der Waals surface area contributed by atoms with Gasteiger partial charge in [0.25, 0.3) is 0 Å². The number of hydrogen-bond donors (Lipinski definition) is 2. The molecule has 0 unspecified atom stereocenters. The number of nitrogens with one attached hydrogen (secondary N) is 1. The Morgan fingerprint density at radius 3 is 1.88 bits per heavy atom. The summed E-state index contributed by atoms with van der Waals surface area (Å²) in [7, 11) is -2.25. The third-order valence-electron chi connectivity index (χ3n) is 16.0. The molecule has 0 aliphatic heterocycles. The van der Waals surface area contributed by atoms with Crippen molar-refractivity contribution >= 4 is 143 Å². The van der Waals surface area contributed by atoms with E-state index in [1.807, 2.05) is 87.5 Å². The van der Waals surface area contributed by atoms with Gasteiger partial charge in [0, 0.05) is 105 Å². The summed E-state index contributed by atoms with van der Waals surface area (Å²) in [6.45, 7) is 17.4. The van der Waals surface area contributed by atoms with E-state index in [4.69, 9.17) is 34.6 Å². The van der Waals surface area contributed by atoms with Crippen LogP contribution in [0.3, 0.4) is 0 Å². The summed E-state index contributed by atoms with van der Waals surface area (Å²) < 4.78 is 17.6. The molecule has 3 aliphatic rings. The van der Waals surface area contributed by atoms with Gasteiger partial charge in [-0.05, 0) is 143 Å². The number of aryl methyl sites for hydroxylation is 1. The van der Waals surface area contributed by atoms with Crippen LogP contribution in [0.5, 0.6) is 0 Å². The Balaban J connectivity index is 0.000000139. The predicted octanol–water partition coefficient (Wildman–Crippen LogP) is 16.3. The summed E-state index contributed by atoms with van der Waals surface area (Å²) in [6.07, 6.45) is 24.9. The average molecular weight is 1430 g/mol. The Bertz CT molecular complexity index is 4060. The molecule has 0 radical (unpaired) electrons. The van der Waals surface area contributed by atoms with E-state index in [0.717, 1.165) is 115 Å². The molecule has 3 aliphatic carbocycles. The summed E-state index contributed by atoms with van der Waals surface area (Å²) in [4.78, 5) is 35.3. The lowest BCUT2D eigenvalue weighted by Gasteiger charge is -2.22. The van der Waals surface area contributed by atoms with Gasteiger partial charge in [0.15, 0.2) is 5.82 Å². The lowest BCUT2D eigenvalue weighted by molar-refractivity contribution is 0.0757. The maximum atomic E-state index is 8.98. The third kappa shape index (κ3) is 18.3. The Morgan fingerprint density at radius 1 is 0.622 bits per heavy atom. The first-order chi connectivity index (χ1) is 43.5. The second-order valence-electron chi connectivity index (χ2n) is 25.6. The third-order valence-corrected chi connectivity index (χ3v) is 23.5. The van der Waals surface area contributed by atoms with Crippen molar-refractivity contribution in [3.8, 4) is 11.1 Å². The van der Waals surface area contributed by atoms with Crippen LogP contribution >= 0.6 is 65.9 Å². The molecule has 0 spiro atoms. The van der Waals surface area contributed by atoms with Gasteiger partial charge in [-0.15, -0.1) is 20.4 Å². The molecule has 0 bridgehead atoms. The molecule has 0 saturated heterocycles. The second-order valence-corrected chi connectivity index (χ2v) is 41.7. The van der Waals surface area contributed by atoms with Gasteiger partial charge in [-0.3, -0.25) is 24.5 Å². The summed E-state index contributed by atoms with van der Waals surface area (Å²) in [5, 5.41) is 44.3. The lowest BCUT2D eigenvalue weighted by atomic mass is 10.1. The summed E-state index contributed by atoms with van der Waals surface area (Å²) in [5.41, 5.74) is 6.97. The summed E-state index contributed by atoms with van der Waals surface area (Å²) in [6, 6.07) is 20.0. The zero-order chi connectivity index (χ0) is 62.6. The minimum atomic E-state index is -1.14. The number of aliphatic hydroxyl groups excluding tert-OH is 1. The molecule has 90 heavy (non-hydrogen) atoms. The smallest absolute Gasteiger partial charge is 0.215 e. The Kier molecular flexibility index (Phi) is 22.5. The van der Waals surface area contributed by atoms with E-state index in [-0.39, 0.29) is 6.61 Å². The molecule has 10 aromatic heterocycles. The molecule has 3 fully saturated rings. The zero-order valence-corrected chi connectivity index (χ0v) is 59.7. The van der Waals surface area contributed by atoms with Crippen LogP contribution in [0.15, 0.2) is 99.5 Å². The molecule has 2 N–H and O–H groups in total. The fraction of sp³-hybridized carbons (Fsp3) is 0.476. The van der Waals surface area contributed by atoms with Gasteiger partial charge in [-0.1, -0.05) is 112 Å². The fourth-order valence-corrected chi connectivity index (χ4v) is 16.0. The molecular formula is C63H79Br2N17O3S3Si2. The highest BCUT2D eigenvalue weighted by atomic mass is 79.9. The topological polar surface area (TPSA) is 231 Å². The predicted molar refractivity (Wildman–Crippen MR) is 374 cm³/mol. The zero-order valence-electron chi connectivity index (χ0n) is 52.1. The number of fused-ring (bicyclic) bond motifs is 3. The number of aliphatic hydroxyl groups is 1. The molecular weight excluding hydrogens is 1350 g/mol. The molecule has 0 amide bonds. The van der Waals surface area contributed by atoms with Crippen LogP contribution in [-0.2, 0) is 22.7 Å². The normalized spacial score (nSPS) is 15.3. The first-order valence-electron chi connectivity index (χ1n) is 31.3. The van der Waals surface area contributed by atoms with Crippen molar-refractivity contribution in [2.24, 2.45) is 4.99 Å². The molecule has 10 heterocycles. The van der Waals surface area contributed by atoms with Crippen molar-refractivity contribution in [1.82, 2.24) is 69.9 Å². The molecule has 20 nitrogen and oxygen atoms in total. The minimum absolute atomic E-state index is 0.156. The van der Waals surface area contributed by atoms with Crippen LogP contribution in [0, 0.1) is 0 Å². The minimum Gasteiger partial charge on any atom is -0.396 e. The Morgan fingerprint density at radius 2 is 1.21 bits per heavy atom. The van der Waals surface area contributed by atoms with E-state index in [9.17, 15) is 0 Å². The Hall–Kier alpha value is -5.76. The summed E-state index contributed by atoms with van der Waals surface area (Å²) >= 11 is 11.9. The van der Waals surface area contributed by atoms with Crippen molar-refractivity contribution in [2.75, 3.05) is 36.8 Å². The number of halogens is 2. The lowest BCUT2D eigenvalue weighted by Crippen LogP contribution is -2.26. The van der Waals surface area contributed by atoms with Crippen molar-refractivity contribution in [1.29, 1.82) is 0 Å². The van der Waals surface area contributed by atoms with Gasteiger partial charge in [0.2, 0.25) is 15.1 Å². The number of anilines is 4. The number of nitrogens with zero attached hydrogens (tertiary/aromatic N) is 16. The van der Waals surface area contributed by atoms with Crippen LogP contribution in [0.2, 0.25) is 51.4 Å². The van der Waals surface area contributed by atoms with Crippen LogP contribution in [0.25, 0.3) is 44.2 Å². The van der Waals surface area contributed by atoms with Crippen molar-refractivity contribution in [2.45, 2.75) is 166 Å². The van der Waals surface area contributed by atoms with Crippen LogP contribution < -0.4 is 15.0 Å². The number of hydrogen-bond acceptors (Lipinski definition) is 21. The fourth-order valence-electron chi connectivity index (χ4n) is 10.9. The van der Waals surface area contributed by atoms with Gasteiger partial charge < -0.3 is 19.9 Å². The van der Waals surface area contributed by atoms with Gasteiger partial charge >= 0.3 is 0 Å². The molecule has 13 rings (SSSR count). The van der Waals surface area contributed by atoms with Crippen LogP contribution in [0.4, 0.5) is 27.7 Å². The average Bonchev–Trinajstić information content (AvgIpc) is 1.47. The molecule has 10 aromatic rings. The quantitative estimate of drug-likeness (QED) is 0.0365. The van der Waals surface area contributed by atoms with Gasteiger partial charge in [-0.25, -0.2) is 19.6 Å². The first-order valence-corrected chi connectivity index (χ1v) is 42.7. The van der Waals surface area contributed by atoms with E-state index in [0.29, 0.717) is 50.0 Å². The number of pyridine rings is 6. The maximum Gasteiger partial charge on any atom is 0.215 e. The van der Waals surface area contributed by atoms with E-state index >= 15 is 0 Å². The first kappa shape index (κ1) is 65.7. The number of ether oxygens (including phenoxy) is 2. The highest BCUT2D eigenvalue weighted by Gasteiger charge is 2.26. The second kappa shape index (κ2) is 30.8. The van der Waals surface area contributed by atoms with Crippen molar-refractivity contribution in [3.05, 3.63) is 114 Å². The molecule has 474 valence electrons. The standard InChI is InChI=1S/2C21H28BrN5OSSi.C21H23N7OS/c1-30(2,3)11-10-28-14-27(21-26-25-20(29-21)15-6-4-5-7-15)19-9-8-17-18(24-19)12-16(22)13-23-17;1-30(2,3)11-10-28-14-27-21(29-20(26-27)15-6-4-5-7-15)25-19-9-8-17-18(24-19)12-16(22)13-23-17;29-9-3-8-28-13-16(12-23-28)15-10-18-17(22-11-15)6-7-19(24-18)25-21-27-26-20(30-21)14-4-1-2-5-14/h2*8-9,12-13,15H,4-7,10-11,14H2,1-3H3;6-7,10-14,29H,1-5,8-9H2,(H,24,25,27). The highest BCUT2D eigenvalue weighted by molar-refractivity contribution is 9.10. The van der Waals surface area contributed by atoms with E-state index < -0.39 is 16.1 Å².